The first-order chi connectivity index (χ1) is 12.3. The van der Waals surface area contributed by atoms with Crippen molar-refractivity contribution >= 4 is 11.3 Å². The third-order valence-corrected chi connectivity index (χ3v) is 4.55. The molecule has 1 nitrogen and oxygen atoms in total. The van der Waals surface area contributed by atoms with Crippen LogP contribution in [0.1, 0.15) is 28.3 Å². The van der Waals surface area contributed by atoms with Crippen molar-refractivity contribution < 1.29 is 0 Å². The largest absolute Gasteiger partial charge is 0.374 e. The first-order valence-electron chi connectivity index (χ1n) is 8.67. The van der Waals surface area contributed by atoms with Crippen LogP contribution in [0.5, 0.6) is 0 Å². The summed E-state index contributed by atoms with van der Waals surface area (Å²) in [6, 6.07) is 30.0. The monoisotopic (exact) mass is 323 g/mol. The molecule has 0 amide bonds. The maximum Gasteiger partial charge on any atom is 0.0707 e. The Balaban J connectivity index is 1.80. The highest BCUT2D eigenvalue weighted by molar-refractivity contribution is 5.86. The molecule has 3 aromatic carbocycles. The standard InChI is InChI=1S/C24H21N/c1-18-9-8-14-21(15-18)22-16-23(19-10-4-2-5-11-19)25-24(17-22)20-12-6-3-7-13-20/h2-17,23,25H,1H3. The Morgan fingerprint density at radius 3 is 2.12 bits per heavy atom. The Morgan fingerprint density at radius 2 is 1.40 bits per heavy atom. The molecule has 0 bridgehead atoms. The molecule has 1 heterocycles. The minimum absolute atomic E-state index is 0.164. The third-order valence-electron chi connectivity index (χ3n) is 4.55. The molecule has 1 atom stereocenters. The maximum absolute atomic E-state index is 3.69. The van der Waals surface area contributed by atoms with Crippen LogP contribution in [0.3, 0.4) is 0 Å². The van der Waals surface area contributed by atoms with Gasteiger partial charge in [-0.25, -0.2) is 0 Å². The second kappa shape index (κ2) is 6.82. The average Bonchev–Trinajstić information content (AvgIpc) is 2.69. The molecular formula is C24H21N. The predicted molar refractivity (Wildman–Crippen MR) is 106 cm³/mol. The fourth-order valence-electron chi connectivity index (χ4n) is 3.26. The van der Waals surface area contributed by atoms with E-state index in [-0.39, 0.29) is 6.04 Å². The summed E-state index contributed by atoms with van der Waals surface area (Å²) in [6.45, 7) is 2.14. The van der Waals surface area contributed by atoms with Gasteiger partial charge in [0, 0.05) is 5.70 Å². The molecule has 1 aliphatic heterocycles. The zero-order valence-electron chi connectivity index (χ0n) is 14.3. The quantitative estimate of drug-likeness (QED) is 0.646. The fourth-order valence-corrected chi connectivity index (χ4v) is 3.26. The molecule has 122 valence electrons. The van der Waals surface area contributed by atoms with Gasteiger partial charge in [0.15, 0.2) is 0 Å². The molecule has 1 aliphatic rings. The van der Waals surface area contributed by atoms with E-state index in [1.807, 2.05) is 0 Å². The van der Waals surface area contributed by atoms with E-state index in [1.165, 1.54) is 27.8 Å². The number of aryl methyl sites for hydroxylation is 1. The van der Waals surface area contributed by atoms with Crippen LogP contribution in [-0.2, 0) is 0 Å². The van der Waals surface area contributed by atoms with Gasteiger partial charge in [-0.3, -0.25) is 0 Å². The third kappa shape index (κ3) is 3.41. The molecule has 1 unspecified atom stereocenters. The zero-order chi connectivity index (χ0) is 17.1. The summed E-state index contributed by atoms with van der Waals surface area (Å²) in [5.74, 6) is 0. The number of allylic oxidation sites excluding steroid dienone is 2. The van der Waals surface area contributed by atoms with Crippen molar-refractivity contribution in [2.45, 2.75) is 13.0 Å². The number of hydrogen-bond acceptors (Lipinski definition) is 1. The Hall–Kier alpha value is -3.06. The van der Waals surface area contributed by atoms with Crippen LogP contribution in [0.2, 0.25) is 0 Å². The molecule has 3 aromatic rings. The second-order valence-electron chi connectivity index (χ2n) is 6.45. The topological polar surface area (TPSA) is 12.0 Å². The average molecular weight is 323 g/mol. The van der Waals surface area contributed by atoms with Gasteiger partial charge < -0.3 is 5.32 Å². The van der Waals surface area contributed by atoms with Crippen LogP contribution in [-0.4, -0.2) is 0 Å². The van der Waals surface area contributed by atoms with Gasteiger partial charge in [0.2, 0.25) is 0 Å². The van der Waals surface area contributed by atoms with Gasteiger partial charge in [0.05, 0.1) is 6.04 Å². The molecular weight excluding hydrogens is 302 g/mol. The van der Waals surface area contributed by atoms with Crippen molar-refractivity contribution in [3.63, 3.8) is 0 Å². The minimum Gasteiger partial charge on any atom is -0.374 e. The van der Waals surface area contributed by atoms with E-state index in [0.717, 1.165) is 5.70 Å². The molecule has 0 fully saturated rings. The Kier molecular flexibility index (Phi) is 4.22. The van der Waals surface area contributed by atoms with E-state index in [1.54, 1.807) is 0 Å². The number of benzene rings is 3. The van der Waals surface area contributed by atoms with Crippen LogP contribution >= 0.6 is 0 Å². The smallest absolute Gasteiger partial charge is 0.0707 e. The molecule has 0 saturated heterocycles. The molecule has 0 spiro atoms. The lowest BCUT2D eigenvalue weighted by atomic mass is 9.93. The molecule has 1 N–H and O–H groups in total. The maximum atomic E-state index is 3.69. The SMILES string of the molecule is Cc1cccc(C2=CC(c3ccccc3)NC(c3ccccc3)=C2)c1. The number of hydrogen-bond donors (Lipinski definition) is 1. The highest BCUT2D eigenvalue weighted by Crippen LogP contribution is 2.31. The first-order valence-corrected chi connectivity index (χ1v) is 8.67. The van der Waals surface area contributed by atoms with Gasteiger partial charge in [-0.1, -0.05) is 90.5 Å². The Labute approximate surface area is 149 Å². The van der Waals surface area contributed by atoms with Gasteiger partial charge in [0.25, 0.3) is 0 Å². The molecule has 0 radical (unpaired) electrons. The normalized spacial score (nSPS) is 16.6. The lowest BCUT2D eigenvalue weighted by Gasteiger charge is -2.25. The lowest BCUT2D eigenvalue weighted by molar-refractivity contribution is 0.767. The van der Waals surface area contributed by atoms with E-state index in [0.29, 0.717) is 0 Å². The summed E-state index contributed by atoms with van der Waals surface area (Å²) >= 11 is 0. The highest BCUT2D eigenvalue weighted by Gasteiger charge is 2.17. The van der Waals surface area contributed by atoms with Crippen LogP contribution in [0.4, 0.5) is 0 Å². The van der Waals surface area contributed by atoms with Crippen LogP contribution in [0.15, 0.2) is 97.1 Å². The van der Waals surface area contributed by atoms with Crippen molar-refractivity contribution in [2.75, 3.05) is 0 Å². The van der Waals surface area contributed by atoms with Gasteiger partial charge in [-0.05, 0) is 41.3 Å². The number of rotatable bonds is 3. The molecule has 0 aromatic heterocycles. The van der Waals surface area contributed by atoms with Crippen molar-refractivity contribution in [1.29, 1.82) is 0 Å². The van der Waals surface area contributed by atoms with Crippen LogP contribution in [0, 0.1) is 6.92 Å². The van der Waals surface area contributed by atoms with Crippen molar-refractivity contribution in [2.24, 2.45) is 0 Å². The molecule has 1 heteroatoms. The fraction of sp³-hybridized carbons (Fsp3) is 0.0833. The minimum atomic E-state index is 0.164. The van der Waals surface area contributed by atoms with E-state index < -0.39 is 0 Å². The van der Waals surface area contributed by atoms with Crippen molar-refractivity contribution in [3.8, 4) is 0 Å². The van der Waals surface area contributed by atoms with E-state index in [4.69, 9.17) is 0 Å². The first kappa shape index (κ1) is 15.5. The van der Waals surface area contributed by atoms with E-state index in [2.05, 4.69) is 109 Å². The van der Waals surface area contributed by atoms with Gasteiger partial charge in [-0.2, -0.15) is 0 Å². The van der Waals surface area contributed by atoms with E-state index in [9.17, 15) is 0 Å². The van der Waals surface area contributed by atoms with Crippen LogP contribution in [0.25, 0.3) is 11.3 Å². The Morgan fingerprint density at radius 1 is 0.720 bits per heavy atom. The summed E-state index contributed by atoms with van der Waals surface area (Å²) in [5, 5.41) is 3.69. The molecule has 0 aliphatic carbocycles. The number of dihydropyridines is 1. The number of nitrogens with one attached hydrogen (secondary N) is 1. The zero-order valence-corrected chi connectivity index (χ0v) is 14.3. The van der Waals surface area contributed by atoms with Crippen molar-refractivity contribution in [1.82, 2.24) is 5.32 Å². The molecule has 0 saturated carbocycles. The summed E-state index contributed by atoms with van der Waals surface area (Å²) in [6.07, 6.45) is 4.57. The van der Waals surface area contributed by atoms with Gasteiger partial charge >= 0.3 is 0 Å². The van der Waals surface area contributed by atoms with Crippen LogP contribution < -0.4 is 5.32 Å². The highest BCUT2D eigenvalue weighted by atomic mass is 14.9. The summed E-state index contributed by atoms with van der Waals surface area (Å²) in [4.78, 5) is 0. The van der Waals surface area contributed by atoms with Crippen molar-refractivity contribution in [3.05, 3.63) is 119 Å². The van der Waals surface area contributed by atoms with Gasteiger partial charge in [0.1, 0.15) is 0 Å². The summed E-state index contributed by atoms with van der Waals surface area (Å²) < 4.78 is 0. The summed E-state index contributed by atoms with van der Waals surface area (Å²) in [5.41, 5.74) is 7.44. The molecule has 4 rings (SSSR count). The summed E-state index contributed by atoms with van der Waals surface area (Å²) in [7, 11) is 0. The molecule has 25 heavy (non-hydrogen) atoms. The predicted octanol–water partition coefficient (Wildman–Crippen LogP) is 5.76. The van der Waals surface area contributed by atoms with E-state index >= 15 is 0 Å². The second-order valence-corrected chi connectivity index (χ2v) is 6.45. The van der Waals surface area contributed by atoms with Gasteiger partial charge in [-0.15, -0.1) is 0 Å². The lowest BCUT2D eigenvalue weighted by Crippen LogP contribution is -2.21. The Bertz CT molecular complexity index is 921.